The molecule has 1 atom stereocenters. The van der Waals surface area contributed by atoms with Gasteiger partial charge in [0.15, 0.2) is 0 Å². The van der Waals surface area contributed by atoms with Crippen LogP contribution < -0.4 is 5.32 Å². The number of benzene rings is 1. The molecule has 1 unspecified atom stereocenters. The van der Waals surface area contributed by atoms with E-state index in [0.717, 1.165) is 64.1 Å². The van der Waals surface area contributed by atoms with Gasteiger partial charge in [0.05, 0.1) is 33.5 Å². The fourth-order valence-corrected chi connectivity index (χ4v) is 5.07. The summed E-state index contributed by atoms with van der Waals surface area (Å²) in [6.07, 6.45) is 9.00. The van der Waals surface area contributed by atoms with Crippen LogP contribution in [0.15, 0.2) is 55.1 Å². The third-order valence-electron chi connectivity index (χ3n) is 6.23. The second-order valence-corrected chi connectivity index (χ2v) is 8.98. The second-order valence-electron chi connectivity index (χ2n) is 8.16. The Kier molecular flexibility index (Phi) is 4.68. The molecule has 1 saturated heterocycles. The maximum atomic E-state index is 6.48. The highest BCUT2D eigenvalue weighted by molar-refractivity contribution is 6.39. The number of fused-ring (bicyclic) bond motifs is 3. The van der Waals surface area contributed by atoms with Crippen LogP contribution in [0, 0.1) is 6.92 Å². The fourth-order valence-electron chi connectivity index (χ4n) is 4.49. The Balaban J connectivity index is 1.51. The first-order chi connectivity index (χ1) is 15.6. The lowest BCUT2D eigenvalue weighted by atomic mass is 10.1. The molecule has 0 spiro atoms. The van der Waals surface area contributed by atoms with E-state index in [1.165, 1.54) is 0 Å². The van der Waals surface area contributed by atoms with Crippen molar-refractivity contribution in [1.82, 2.24) is 29.5 Å². The Bertz CT molecular complexity index is 1460. The molecule has 1 fully saturated rings. The van der Waals surface area contributed by atoms with E-state index in [9.17, 15) is 0 Å². The third-order valence-corrected chi connectivity index (χ3v) is 6.86. The van der Waals surface area contributed by atoms with E-state index in [1.807, 2.05) is 49.8 Å². The molecule has 0 aliphatic carbocycles. The summed E-state index contributed by atoms with van der Waals surface area (Å²) in [5.41, 5.74) is 6.28. The third kappa shape index (κ3) is 3.10. The Labute approximate surface area is 194 Å². The summed E-state index contributed by atoms with van der Waals surface area (Å²) >= 11 is 13.0. The van der Waals surface area contributed by atoms with Crippen molar-refractivity contribution in [2.24, 2.45) is 0 Å². The van der Waals surface area contributed by atoms with Crippen molar-refractivity contribution in [3.63, 3.8) is 0 Å². The van der Waals surface area contributed by atoms with E-state index in [0.29, 0.717) is 16.1 Å². The summed E-state index contributed by atoms with van der Waals surface area (Å²) < 4.78 is 4.12. The van der Waals surface area contributed by atoms with Crippen molar-refractivity contribution in [3.8, 4) is 22.4 Å². The number of imidazole rings is 1. The largest absolute Gasteiger partial charge is 0.315 e. The average molecular weight is 463 g/mol. The van der Waals surface area contributed by atoms with Crippen LogP contribution in [-0.2, 0) is 0 Å². The van der Waals surface area contributed by atoms with Gasteiger partial charge >= 0.3 is 0 Å². The molecule has 0 bridgehead atoms. The molecule has 1 aliphatic rings. The smallest absolute Gasteiger partial charge is 0.147 e. The number of nitrogens with zero attached hydrogens (tertiary/aromatic N) is 5. The summed E-state index contributed by atoms with van der Waals surface area (Å²) in [5, 5.41) is 10.1. The van der Waals surface area contributed by atoms with Gasteiger partial charge in [-0.3, -0.25) is 9.67 Å². The minimum Gasteiger partial charge on any atom is -0.315 e. The first-order valence-corrected chi connectivity index (χ1v) is 11.3. The number of hydrogen-bond acceptors (Lipinski definition) is 4. The molecule has 6 rings (SSSR count). The van der Waals surface area contributed by atoms with Crippen LogP contribution in [0.2, 0.25) is 10.0 Å². The van der Waals surface area contributed by atoms with Crippen molar-refractivity contribution in [1.29, 1.82) is 0 Å². The maximum absolute atomic E-state index is 6.48. The van der Waals surface area contributed by atoms with Crippen LogP contribution >= 0.6 is 23.2 Å². The molecule has 0 saturated carbocycles. The lowest BCUT2D eigenvalue weighted by molar-refractivity contribution is 0.491. The van der Waals surface area contributed by atoms with Crippen molar-refractivity contribution in [2.75, 3.05) is 13.1 Å². The van der Waals surface area contributed by atoms with Crippen LogP contribution in [0.3, 0.4) is 0 Å². The summed E-state index contributed by atoms with van der Waals surface area (Å²) in [6, 6.07) is 10.1. The zero-order chi connectivity index (χ0) is 21.8. The highest BCUT2D eigenvalue weighted by atomic mass is 35.5. The molecule has 1 aromatic carbocycles. The molecule has 1 aliphatic heterocycles. The van der Waals surface area contributed by atoms with E-state index >= 15 is 0 Å². The minimum absolute atomic E-state index is 0.404. The van der Waals surface area contributed by atoms with E-state index in [-0.39, 0.29) is 0 Å². The monoisotopic (exact) mass is 462 g/mol. The molecule has 8 heteroatoms. The van der Waals surface area contributed by atoms with Crippen molar-refractivity contribution in [3.05, 3.63) is 70.9 Å². The highest BCUT2D eigenvalue weighted by Crippen LogP contribution is 2.37. The fraction of sp³-hybridized carbons (Fsp3) is 0.208. The van der Waals surface area contributed by atoms with Crippen LogP contribution in [0.1, 0.15) is 18.2 Å². The lowest BCUT2D eigenvalue weighted by Crippen LogP contribution is -2.13. The van der Waals surface area contributed by atoms with E-state index in [2.05, 4.69) is 31.8 Å². The number of aryl methyl sites for hydroxylation is 1. The Morgan fingerprint density at radius 2 is 1.94 bits per heavy atom. The van der Waals surface area contributed by atoms with Gasteiger partial charge in [-0.15, -0.1) is 0 Å². The van der Waals surface area contributed by atoms with Gasteiger partial charge in [0.2, 0.25) is 0 Å². The SMILES string of the molecule is Cc1c(-c2c(Cl)cccc2Cl)nc2c3cc(-c4cnn(C5CCNC5)c4)cnc3ccn12. The second kappa shape index (κ2) is 7.59. The van der Waals surface area contributed by atoms with Gasteiger partial charge in [-0.2, -0.15) is 5.10 Å². The van der Waals surface area contributed by atoms with E-state index in [4.69, 9.17) is 33.2 Å². The predicted octanol–water partition coefficient (Wildman–Crippen LogP) is 5.56. The molecule has 5 aromatic rings. The summed E-state index contributed by atoms with van der Waals surface area (Å²) in [7, 11) is 0. The van der Waals surface area contributed by atoms with E-state index < -0.39 is 0 Å². The minimum atomic E-state index is 0.404. The number of pyridine rings is 2. The predicted molar refractivity (Wildman–Crippen MR) is 128 cm³/mol. The van der Waals surface area contributed by atoms with Gasteiger partial charge in [0.1, 0.15) is 5.65 Å². The molecule has 160 valence electrons. The van der Waals surface area contributed by atoms with Crippen molar-refractivity contribution < 1.29 is 0 Å². The van der Waals surface area contributed by atoms with Gasteiger partial charge < -0.3 is 9.72 Å². The van der Waals surface area contributed by atoms with Crippen molar-refractivity contribution >= 4 is 39.8 Å². The van der Waals surface area contributed by atoms with Crippen LogP contribution in [0.4, 0.5) is 0 Å². The van der Waals surface area contributed by atoms with Crippen LogP contribution in [-0.4, -0.2) is 37.2 Å². The maximum Gasteiger partial charge on any atom is 0.147 e. The summed E-state index contributed by atoms with van der Waals surface area (Å²) in [5.74, 6) is 0. The number of aromatic nitrogens is 5. The van der Waals surface area contributed by atoms with Crippen molar-refractivity contribution in [2.45, 2.75) is 19.4 Å². The number of hydrogen-bond donors (Lipinski definition) is 1. The first-order valence-electron chi connectivity index (χ1n) is 10.6. The standard InChI is InChI=1S/C24H20Cl2N6/c1-14-23(22-19(25)3-2-4-20(22)26)30-24-18-9-15(10-28-21(18)6-8-31(14)24)16-11-29-32(13-16)17-5-7-27-12-17/h2-4,6,8-11,13,17,27H,5,7,12H2,1H3. The number of nitrogens with one attached hydrogen (secondary N) is 1. The molecule has 6 nitrogen and oxygen atoms in total. The average Bonchev–Trinajstić information content (AvgIpc) is 3.54. The molecule has 5 heterocycles. The van der Waals surface area contributed by atoms with Gasteiger partial charge in [-0.1, -0.05) is 29.3 Å². The molecule has 4 aromatic heterocycles. The number of halogens is 2. The first kappa shape index (κ1) is 19.7. The molecular formula is C24H20Cl2N6. The molecule has 32 heavy (non-hydrogen) atoms. The Morgan fingerprint density at radius 1 is 1.09 bits per heavy atom. The summed E-state index contributed by atoms with van der Waals surface area (Å²) in [4.78, 5) is 9.67. The van der Waals surface area contributed by atoms with Gasteiger partial charge in [0, 0.05) is 52.9 Å². The zero-order valence-corrected chi connectivity index (χ0v) is 18.9. The topological polar surface area (TPSA) is 60.0 Å². The van der Waals surface area contributed by atoms with E-state index in [1.54, 1.807) is 0 Å². The Hall–Kier alpha value is -2.93. The van der Waals surface area contributed by atoms with Crippen LogP contribution in [0.25, 0.3) is 38.9 Å². The zero-order valence-electron chi connectivity index (χ0n) is 17.4. The molecule has 0 amide bonds. The Morgan fingerprint density at radius 3 is 2.72 bits per heavy atom. The van der Waals surface area contributed by atoms with Gasteiger partial charge in [-0.25, -0.2) is 4.98 Å². The molecule has 1 N–H and O–H groups in total. The molecule has 0 radical (unpaired) electrons. The lowest BCUT2D eigenvalue weighted by Gasteiger charge is -2.08. The normalized spacial score (nSPS) is 16.4. The van der Waals surface area contributed by atoms with Gasteiger partial charge in [0.25, 0.3) is 0 Å². The van der Waals surface area contributed by atoms with Gasteiger partial charge in [-0.05, 0) is 44.2 Å². The molecular weight excluding hydrogens is 443 g/mol. The highest BCUT2D eigenvalue weighted by Gasteiger charge is 2.19. The summed E-state index contributed by atoms with van der Waals surface area (Å²) in [6.45, 7) is 4.02. The quantitative estimate of drug-likeness (QED) is 0.381. The number of rotatable bonds is 3. The van der Waals surface area contributed by atoms with Crippen LogP contribution in [0.5, 0.6) is 0 Å².